The van der Waals surface area contributed by atoms with Crippen molar-refractivity contribution in [1.29, 1.82) is 5.41 Å². The van der Waals surface area contributed by atoms with Crippen molar-refractivity contribution >= 4 is 18.4 Å². The smallest absolute Gasteiger partial charge is 0.183 e. The van der Waals surface area contributed by atoms with Crippen molar-refractivity contribution in [3.63, 3.8) is 0 Å². The van der Waals surface area contributed by atoms with E-state index in [2.05, 4.69) is 21.4 Å². The number of nitrogens with zero attached hydrogens (tertiary/aromatic N) is 1. The van der Waals surface area contributed by atoms with Crippen molar-refractivity contribution in [2.45, 2.75) is 6.92 Å². The number of nitrogens with one attached hydrogen (secondary N) is 2. The van der Waals surface area contributed by atoms with Crippen LogP contribution in [0.15, 0.2) is 12.4 Å². The van der Waals surface area contributed by atoms with Crippen LogP contribution in [0.5, 0.6) is 0 Å². The van der Waals surface area contributed by atoms with Crippen molar-refractivity contribution in [1.82, 2.24) is 9.97 Å². The Morgan fingerprint density at radius 2 is 2.00 bits per heavy atom. The highest BCUT2D eigenvalue weighted by molar-refractivity contribution is 5.85. The Morgan fingerprint density at radius 3 is 2.07 bits per heavy atom. The largest absolute Gasteiger partial charge is 0.395 e. The van der Waals surface area contributed by atoms with Gasteiger partial charge in [-0.1, -0.05) is 0 Å². The zero-order valence-electron chi connectivity index (χ0n) is 8.60. The van der Waals surface area contributed by atoms with Gasteiger partial charge in [0, 0.05) is 18.9 Å². The third kappa shape index (κ3) is 32.4. The van der Waals surface area contributed by atoms with Crippen molar-refractivity contribution in [3.05, 3.63) is 18.2 Å². The number of halogens is 1. The van der Waals surface area contributed by atoms with Gasteiger partial charge in [-0.3, -0.25) is 5.41 Å². The molecule has 9 N–H and O–H groups in total. The van der Waals surface area contributed by atoms with Gasteiger partial charge in [0.1, 0.15) is 5.82 Å². The number of aryl methyl sites for hydroxylation is 1. The van der Waals surface area contributed by atoms with Crippen LogP contribution >= 0.6 is 12.4 Å². The normalized spacial score (nSPS) is 7.13. The zero-order chi connectivity index (χ0) is 11.4. The molecule has 0 aliphatic carbocycles. The Morgan fingerprint density at radius 1 is 1.60 bits per heavy atom. The van der Waals surface area contributed by atoms with Gasteiger partial charge in [0.2, 0.25) is 0 Å². The van der Waals surface area contributed by atoms with Crippen LogP contribution in [-0.2, 0) is 0 Å². The van der Waals surface area contributed by atoms with Gasteiger partial charge in [-0.2, -0.15) is 0 Å². The average Bonchev–Trinajstić information content (AvgIpc) is 2.55. The molecule has 1 rings (SSSR count). The molecule has 8 heteroatoms. The summed E-state index contributed by atoms with van der Waals surface area (Å²) < 4.78 is 0. The minimum atomic E-state index is -0.333. The molecule has 1 heterocycles. The summed E-state index contributed by atoms with van der Waals surface area (Å²) in [6.07, 6.45) is 3.53. The van der Waals surface area contributed by atoms with Crippen molar-refractivity contribution in [3.8, 4) is 0 Å². The quantitative estimate of drug-likeness (QED) is 0.272. The SMILES string of the molecule is Cc1ncc[nH]1.Cl.N=C(N)N.NCCO. The van der Waals surface area contributed by atoms with E-state index >= 15 is 0 Å². The summed E-state index contributed by atoms with van der Waals surface area (Å²) in [7, 11) is 0. The number of nitrogens with two attached hydrogens (primary N) is 3. The maximum Gasteiger partial charge on any atom is 0.183 e. The summed E-state index contributed by atoms with van der Waals surface area (Å²) in [4.78, 5) is 6.75. The second-order valence-electron chi connectivity index (χ2n) is 2.14. The molecule has 0 aromatic carbocycles. The molecule has 0 bridgehead atoms. The van der Waals surface area contributed by atoms with Crippen LogP contribution in [0.3, 0.4) is 0 Å². The molecule has 90 valence electrons. The Bertz CT molecular complexity index is 209. The first-order chi connectivity index (χ1) is 6.54. The lowest BCUT2D eigenvalue weighted by molar-refractivity contribution is 0.306. The lowest BCUT2D eigenvalue weighted by Crippen LogP contribution is -2.20. The Kier molecular flexibility index (Phi) is 19.5. The molecule has 7 nitrogen and oxygen atoms in total. The number of hydrogen-bond acceptors (Lipinski definition) is 4. The molecule has 0 fully saturated rings. The highest BCUT2D eigenvalue weighted by atomic mass is 35.5. The standard InChI is InChI=1S/C4H6N2.C2H7NO.CH5N3.ClH/c1-4-5-2-3-6-4;3-1-2-4;2-1(3)4;/h2-3H,1H3,(H,5,6);4H,1-3H2;(H5,2,3,4);1H. The molecule has 0 saturated heterocycles. The van der Waals surface area contributed by atoms with Gasteiger partial charge in [-0.15, -0.1) is 12.4 Å². The van der Waals surface area contributed by atoms with Crippen molar-refractivity contribution in [2.75, 3.05) is 13.2 Å². The zero-order valence-corrected chi connectivity index (χ0v) is 9.42. The number of guanidine groups is 1. The predicted octanol–water partition coefficient (Wildman–Crippen LogP) is -1.08. The number of H-pyrrole nitrogens is 1. The van der Waals surface area contributed by atoms with Gasteiger partial charge in [-0.05, 0) is 6.92 Å². The number of aromatic amines is 1. The third-order valence-corrected chi connectivity index (χ3v) is 0.764. The van der Waals surface area contributed by atoms with E-state index < -0.39 is 0 Å². The monoisotopic (exact) mass is 238 g/mol. The number of aliphatic hydroxyl groups is 1. The van der Waals surface area contributed by atoms with E-state index in [1.807, 2.05) is 6.92 Å². The fourth-order valence-electron chi connectivity index (χ4n) is 0.344. The molecule has 0 aliphatic heterocycles. The molecule has 0 unspecified atom stereocenters. The maximum atomic E-state index is 7.75. The van der Waals surface area contributed by atoms with Crippen LogP contribution in [0.2, 0.25) is 0 Å². The number of imidazole rings is 1. The number of aromatic nitrogens is 2. The first-order valence-corrected chi connectivity index (χ1v) is 3.91. The predicted molar refractivity (Wildman–Crippen MR) is 62.8 cm³/mol. The first-order valence-electron chi connectivity index (χ1n) is 3.91. The van der Waals surface area contributed by atoms with Gasteiger partial charge < -0.3 is 27.3 Å². The topological polar surface area (TPSA) is 151 Å². The van der Waals surface area contributed by atoms with Gasteiger partial charge in [0.15, 0.2) is 5.96 Å². The lowest BCUT2D eigenvalue weighted by Gasteiger charge is -1.71. The van der Waals surface area contributed by atoms with Gasteiger partial charge >= 0.3 is 0 Å². The minimum absolute atomic E-state index is 0. The Balaban J connectivity index is -0.000000145. The Hall–Kier alpha value is -1.31. The molecule has 0 saturated carbocycles. The molecule has 15 heavy (non-hydrogen) atoms. The number of hydrogen-bond donors (Lipinski definition) is 6. The highest BCUT2D eigenvalue weighted by Crippen LogP contribution is 1.78. The van der Waals surface area contributed by atoms with E-state index in [0.717, 1.165) is 5.82 Å². The lowest BCUT2D eigenvalue weighted by atomic mass is 10.8. The summed E-state index contributed by atoms with van der Waals surface area (Å²) in [5.41, 5.74) is 13.7. The Labute approximate surface area is 95.0 Å². The second-order valence-corrected chi connectivity index (χ2v) is 2.14. The maximum absolute atomic E-state index is 7.75. The fourth-order valence-corrected chi connectivity index (χ4v) is 0.344. The van der Waals surface area contributed by atoms with Crippen molar-refractivity contribution in [2.24, 2.45) is 17.2 Å². The van der Waals surface area contributed by atoms with Crippen LogP contribution in [0.4, 0.5) is 0 Å². The van der Waals surface area contributed by atoms with Crippen molar-refractivity contribution < 1.29 is 5.11 Å². The summed E-state index contributed by atoms with van der Waals surface area (Å²) in [6.45, 7) is 2.39. The van der Waals surface area contributed by atoms with Crippen LogP contribution in [0, 0.1) is 12.3 Å². The van der Waals surface area contributed by atoms with E-state index in [4.69, 9.17) is 16.2 Å². The molecule has 1 aromatic heterocycles. The first kappa shape index (κ1) is 19.3. The van der Waals surface area contributed by atoms with E-state index in [0.29, 0.717) is 6.54 Å². The molecule has 1 aromatic rings. The number of aliphatic hydroxyl groups excluding tert-OH is 1. The molecule has 0 aliphatic rings. The van der Waals surface area contributed by atoms with E-state index in [9.17, 15) is 0 Å². The summed E-state index contributed by atoms with van der Waals surface area (Å²) >= 11 is 0. The number of rotatable bonds is 1. The summed E-state index contributed by atoms with van der Waals surface area (Å²) in [5.74, 6) is 0.634. The second kappa shape index (κ2) is 15.2. The van der Waals surface area contributed by atoms with Crippen LogP contribution < -0.4 is 17.2 Å². The molecule has 0 spiro atoms. The summed E-state index contributed by atoms with van der Waals surface area (Å²) in [6, 6.07) is 0. The third-order valence-electron chi connectivity index (χ3n) is 0.764. The van der Waals surface area contributed by atoms with Crippen LogP contribution in [0.1, 0.15) is 5.82 Å². The molecule has 0 radical (unpaired) electrons. The van der Waals surface area contributed by atoms with Crippen LogP contribution in [0.25, 0.3) is 0 Å². The van der Waals surface area contributed by atoms with E-state index in [1.165, 1.54) is 0 Å². The fraction of sp³-hybridized carbons (Fsp3) is 0.429. The van der Waals surface area contributed by atoms with Gasteiger partial charge in [-0.25, -0.2) is 4.98 Å². The van der Waals surface area contributed by atoms with Crippen LogP contribution in [-0.4, -0.2) is 34.2 Å². The molecular weight excluding hydrogens is 220 g/mol. The summed E-state index contributed by atoms with van der Waals surface area (Å²) in [5, 5.41) is 13.8. The molecule has 0 amide bonds. The minimum Gasteiger partial charge on any atom is -0.395 e. The molecular formula is C7H19ClN6O. The highest BCUT2D eigenvalue weighted by Gasteiger charge is 1.73. The van der Waals surface area contributed by atoms with E-state index in [-0.39, 0.29) is 25.0 Å². The van der Waals surface area contributed by atoms with E-state index in [1.54, 1.807) is 12.4 Å². The van der Waals surface area contributed by atoms with Gasteiger partial charge in [0.05, 0.1) is 6.61 Å². The molecule has 0 atom stereocenters. The van der Waals surface area contributed by atoms with Gasteiger partial charge in [0.25, 0.3) is 0 Å². The average molecular weight is 239 g/mol.